The van der Waals surface area contributed by atoms with Crippen LogP contribution in [0.4, 0.5) is 4.79 Å². The summed E-state index contributed by atoms with van der Waals surface area (Å²) in [5.74, 6) is 3.39. The summed E-state index contributed by atoms with van der Waals surface area (Å²) in [6, 6.07) is 9.29. The summed E-state index contributed by atoms with van der Waals surface area (Å²) in [5.41, 5.74) is 3.84. The predicted octanol–water partition coefficient (Wildman–Crippen LogP) is 5.29. The van der Waals surface area contributed by atoms with Crippen molar-refractivity contribution in [1.82, 2.24) is 30.2 Å². The lowest BCUT2D eigenvalue weighted by atomic mass is 9.73. The highest BCUT2D eigenvalue weighted by atomic mass is 16.7. The Hall–Kier alpha value is -6.06. The van der Waals surface area contributed by atoms with Crippen molar-refractivity contribution in [1.29, 1.82) is 0 Å². The third-order valence-corrected chi connectivity index (χ3v) is 11.6. The molecule has 3 fully saturated rings. The van der Waals surface area contributed by atoms with Crippen molar-refractivity contribution >= 4 is 34.7 Å². The van der Waals surface area contributed by atoms with Crippen LogP contribution in [0.3, 0.4) is 0 Å². The maximum atomic E-state index is 13.9. The molecule has 9 rings (SSSR count). The molecular formula is C41H45N7O9. The topological polar surface area (TPSA) is 179 Å². The van der Waals surface area contributed by atoms with Crippen LogP contribution in [-0.4, -0.2) is 102 Å². The summed E-state index contributed by atoms with van der Waals surface area (Å²) in [5, 5.41) is 9.28. The maximum absolute atomic E-state index is 13.9. The number of nitrogens with one attached hydrogen (secondary N) is 2. The smallest absolute Gasteiger partial charge is 0.413 e. The highest BCUT2D eigenvalue weighted by molar-refractivity contribution is 6.07. The van der Waals surface area contributed by atoms with Crippen molar-refractivity contribution < 1.29 is 42.8 Å². The number of amides is 3. The zero-order valence-corrected chi connectivity index (χ0v) is 32.0. The number of likely N-dealkylation sites (tertiary alicyclic amines) is 1. The van der Waals surface area contributed by atoms with E-state index in [0.717, 1.165) is 49.8 Å². The number of piperidine rings is 1. The van der Waals surface area contributed by atoms with E-state index in [9.17, 15) is 14.4 Å². The quantitative estimate of drug-likeness (QED) is 0.202. The molecule has 2 aromatic carbocycles. The van der Waals surface area contributed by atoms with E-state index >= 15 is 0 Å². The van der Waals surface area contributed by atoms with Crippen LogP contribution < -0.4 is 33.7 Å². The standard InChI is InChI=1S/C41H45N7O9/c1-52-28-10-9-24(17-31(28)53-2)35-26-5-3-4-6-27(26)40(50)48(46-35)25-13-15-47(16-14-25)33(49)19-43-41(51)57-32-18-42-38-36(32)44-21-45-37(38)34-29(54-20-23-7-8-23)11-12-30-39(34)56-22-55-30/h9-12,17-18,21,23,25-27,42H,3-8,13-16,19-20,22H2,1-2H3,(H,43,51)/t26-,27+/m0/s1. The number of carbonyl (C=O) groups is 3. The first-order valence-electron chi connectivity index (χ1n) is 19.7. The molecule has 2 atom stereocenters. The number of ether oxygens (including phenoxy) is 6. The lowest BCUT2D eigenvalue weighted by Crippen LogP contribution is -2.53. The summed E-state index contributed by atoms with van der Waals surface area (Å²) >= 11 is 0. The van der Waals surface area contributed by atoms with E-state index in [1.54, 1.807) is 24.1 Å². The summed E-state index contributed by atoms with van der Waals surface area (Å²) in [6.45, 7) is 1.26. The fourth-order valence-electron chi connectivity index (χ4n) is 8.42. The van der Waals surface area contributed by atoms with Gasteiger partial charge >= 0.3 is 6.09 Å². The number of rotatable bonds is 11. The van der Waals surface area contributed by atoms with E-state index < -0.39 is 6.09 Å². The number of hydrogen-bond donors (Lipinski definition) is 2. The molecule has 3 aliphatic heterocycles. The molecule has 16 heteroatoms. The number of fused-ring (bicyclic) bond motifs is 3. The normalized spacial score (nSPS) is 20.5. The average molecular weight is 780 g/mol. The van der Waals surface area contributed by atoms with Gasteiger partial charge < -0.3 is 43.6 Å². The van der Waals surface area contributed by atoms with Crippen LogP contribution in [0, 0.1) is 17.8 Å². The third kappa shape index (κ3) is 7.12. The fraction of sp³-hybridized carbons (Fsp3) is 0.463. The van der Waals surface area contributed by atoms with Gasteiger partial charge in [0, 0.05) is 36.7 Å². The minimum absolute atomic E-state index is 0.0464. The van der Waals surface area contributed by atoms with Crippen LogP contribution in [0.2, 0.25) is 0 Å². The number of nitrogens with zero attached hydrogens (tertiary/aromatic N) is 5. The molecule has 2 aliphatic carbocycles. The van der Waals surface area contributed by atoms with Gasteiger partial charge in [0.1, 0.15) is 29.8 Å². The zero-order chi connectivity index (χ0) is 39.0. The number of aromatic amines is 1. The highest BCUT2D eigenvalue weighted by Crippen LogP contribution is 2.49. The predicted molar refractivity (Wildman–Crippen MR) is 206 cm³/mol. The summed E-state index contributed by atoms with van der Waals surface area (Å²) in [7, 11) is 3.21. The van der Waals surface area contributed by atoms with Gasteiger partial charge in [-0.25, -0.2) is 19.8 Å². The second-order valence-electron chi connectivity index (χ2n) is 15.1. The monoisotopic (exact) mass is 779 g/mol. The molecule has 2 saturated carbocycles. The van der Waals surface area contributed by atoms with E-state index in [1.165, 1.54) is 12.5 Å². The Kier molecular flexibility index (Phi) is 9.92. The molecule has 57 heavy (non-hydrogen) atoms. The number of hydrazone groups is 1. The molecule has 0 unspecified atom stereocenters. The molecule has 0 spiro atoms. The fourth-order valence-corrected chi connectivity index (χ4v) is 8.42. The number of benzene rings is 2. The Morgan fingerprint density at radius 1 is 0.912 bits per heavy atom. The van der Waals surface area contributed by atoms with Gasteiger partial charge in [0.25, 0.3) is 0 Å². The Morgan fingerprint density at radius 3 is 2.49 bits per heavy atom. The van der Waals surface area contributed by atoms with Crippen LogP contribution in [0.5, 0.6) is 34.5 Å². The van der Waals surface area contributed by atoms with Gasteiger partial charge in [0.05, 0.1) is 43.7 Å². The van der Waals surface area contributed by atoms with Crippen LogP contribution in [0.15, 0.2) is 48.0 Å². The van der Waals surface area contributed by atoms with E-state index in [4.69, 9.17) is 33.5 Å². The van der Waals surface area contributed by atoms with Crippen LogP contribution >= 0.6 is 0 Å². The second kappa shape index (κ2) is 15.5. The Morgan fingerprint density at radius 2 is 1.70 bits per heavy atom. The van der Waals surface area contributed by atoms with E-state index in [2.05, 4.69) is 20.3 Å². The first-order chi connectivity index (χ1) is 27.9. The Balaban J connectivity index is 0.836. The molecule has 1 saturated heterocycles. The van der Waals surface area contributed by atoms with Gasteiger partial charge in [0.2, 0.25) is 18.6 Å². The van der Waals surface area contributed by atoms with Crippen molar-refractivity contribution in [2.24, 2.45) is 22.9 Å². The van der Waals surface area contributed by atoms with Crippen molar-refractivity contribution in [3.63, 3.8) is 0 Å². The van der Waals surface area contributed by atoms with Crippen molar-refractivity contribution in [2.75, 3.05) is 47.3 Å². The largest absolute Gasteiger partial charge is 0.493 e. The minimum Gasteiger partial charge on any atom is -0.493 e. The SMILES string of the molecule is COc1ccc(C2=NN(C3CCN(C(=O)CNC(=O)Oc4c[nH]c5c(-c6c(OCC7CC7)ccc7c6OCO7)ncnc45)CC3)C(=O)[C@@H]3CCCC[C@H]23)cc1OC. The number of aromatic nitrogens is 3. The number of H-pyrrole nitrogens is 1. The molecule has 4 aromatic rings. The van der Waals surface area contributed by atoms with Gasteiger partial charge in [-0.1, -0.05) is 12.8 Å². The molecule has 5 heterocycles. The molecule has 298 valence electrons. The number of hydrogen-bond acceptors (Lipinski definition) is 12. The minimum atomic E-state index is -0.803. The lowest BCUT2D eigenvalue weighted by Gasteiger charge is -2.43. The molecule has 0 bridgehead atoms. The lowest BCUT2D eigenvalue weighted by molar-refractivity contribution is -0.143. The summed E-state index contributed by atoms with van der Waals surface area (Å²) in [6.07, 6.45) is 9.32. The number of carbonyl (C=O) groups excluding carboxylic acids is 3. The molecule has 2 aromatic heterocycles. The molecule has 16 nitrogen and oxygen atoms in total. The summed E-state index contributed by atoms with van der Waals surface area (Å²) < 4.78 is 34.3. The van der Waals surface area contributed by atoms with E-state index in [-0.39, 0.29) is 48.8 Å². The Bertz CT molecular complexity index is 2230. The molecule has 0 radical (unpaired) electrons. The van der Waals surface area contributed by atoms with Crippen molar-refractivity contribution in [3.05, 3.63) is 48.4 Å². The van der Waals surface area contributed by atoms with E-state index in [0.29, 0.717) is 89.5 Å². The second-order valence-corrected chi connectivity index (χ2v) is 15.1. The van der Waals surface area contributed by atoms with Crippen LogP contribution in [0.1, 0.15) is 56.9 Å². The zero-order valence-electron chi connectivity index (χ0n) is 32.0. The summed E-state index contributed by atoms with van der Waals surface area (Å²) in [4.78, 5) is 53.9. The van der Waals surface area contributed by atoms with Crippen LogP contribution in [0.25, 0.3) is 22.3 Å². The van der Waals surface area contributed by atoms with Gasteiger partial charge in [-0.3, -0.25) is 9.59 Å². The van der Waals surface area contributed by atoms with Crippen molar-refractivity contribution in [3.8, 4) is 45.8 Å². The van der Waals surface area contributed by atoms with Crippen molar-refractivity contribution in [2.45, 2.75) is 57.4 Å². The van der Waals surface area contributed by atoms with Gasteiger partial charge in [-0.2, -0.15) is 5.10 Å². The maximum Gasteiger partial charge on any atom is 0.413 e. The van der Waals surface area contributed by atoms with Gasteiger partial charge in [-0.05, 0) is 74.8 Å². The van der Waals surface area contributed by atoms with E-state index in [1.807, 2.05) is 30.3 Å². The third-order valence-electron chi connectivity index (χ3n) is 11.6. The molecule has 3 amide bonds. The Labute approximate surface area is 328 Å². The first kappa shape index (κ1) is 36.6. The molecular weight excluding hydrogens is 734 g/mol. The molecule has 5 aliphatic rings. The highest BCUT2D eigenvalue weighted by Gasteiger charge is 2.44. The van der Waals surface area contributed by atoms with Crippen LogP contribution in [-0.2, 0) is 9.59 Å². The van der Waals surface area contributed by atoms with Gasteiger partial charge in [0.15, 0.2) is 28.7 Å². The average Bonchev–Trinajstić information content (AvgIpc) is 3.81. The first-order valence-corrected chi connectivity index (χ1v) is 19.7. The van der Waals surface area contributed by atoms with Gasteiger partial charge in [-0.15, -0.1) is 0 Å². The molecule has 2 N–H and O–H groups in total. The number of methoxy groups -OCH3 is 2.